The summed E-state index contributed by atoms with van der Waals surface area (Å²) in [5.41, 5.74) is 0. The quantitative estimate of drug-likeness (QED) is 0.668. The fourth-order valence-electron chi connectivity index (χ4n) is 0.816. The Kier molecular flexibility index (Phi) is 2.17. The minimum absolute atomic E-state index is 0.0480. The Balaban J connectivity index is 3.00. The second-order valence-electron chi connectivity index (χ2n) is 2.79. The molecule has 1 aromatic heterocycles. The molecule has 0 saturated heterocycles. The molecule has 0 atom stereocenters. The third-order valence-corrected chi connectivity index (χ3v) is 2.81. The maximum Gasteiger partial charge on any atom is 0.149 e. The molecule has 0 radical (unpaired) electrons. The number of aryl methyl sites for hydroxylation is 1. The molecule has 0 aromatic carbocycles. The molecule has 0 aliphatic heterocycles. The second-order valence-corrected chi connectivity index (χ2v) is 4.20. The van der Waals surface area contributed by atoms with Gasteiger partial charge in [-0.25, -0.2) is 4.68 Å². The lowest BCUT2D eigenvalue weighted by molar-refractivity contribution is 0.454. The van der Waals surface area contributed by atoms with Gasteiger partial charge in [0.25, 0.3) is 0 Å². The minimum atomic E-state index is -0.0480. The first-order chi connectivity index (χ1) is 5.08. The van der Waals surface area contributed by atoms with E-state index in [4.69, 9.17) is 0 Å². The highest BCUT2D eigenvalue weighted by molar-refractivity contribution is 7.99. The Bertz CT molecular complexity index is 242. The smallest absolute Gasteiger partial charge is 0.149 e. The highest BCUT2D eigenvalue weighted by atomic mass is 32.2. The van der Waals surface area contributed by atoms with Crippen LogP contribution in [-0.2, 0) is 4.87 Å². The molecule has 0 amide bonds. The van der Waals surface area contributed by atoms with Crippen LogP contribution in [0.2, 0.25) is 0 Å². The molecule has 1 rings (SSSR count). The first-order valence-electron chi connectivity index (χ1n) is 3.38. The number of hydrogen-bond donors (Lipinski definition) is 0. The van der Waals surface area contributed by atoms with E-state index in [1.807, 2.05) is 17.9 Å². The predicted octanol–water partition coefficient (Wildman–Crippen LogP) is 1.04. The summed E-state index contributed by atoms with van der Waals surface area (Å²) in [4.78, 5) is -0.0480. The van der Waals surface area contributed by atoms with E-state index in [1.54, 1.807) is 11.8 Å². The number of tetrazole rings is 1. The predicted molar refractivity (Wildman–Crippen MR) is 45.4 cm³/mol. The first kappa shape index (κ1) is 8.52. The fraction of sp³-hybridized carbons (Fsp3) is 0.833. The molecule has 0 fully saturated rings. The average Bonchev–Trinajstić information content (AvgIpc) is 2.36. The zero-order valence-electron chi connectivity index (χ0n) is 7.20. The molecule has 1 aromatic rings. The Morgan fingerprint density at radius 2 is 2.09 bits per heavy atom. The van der Waals surface area contributed by atoms with E-state index in [0.717, 1.165) is 5.82 Å². The van der Waals surface area contributed by atoms with Crippen molar-refractivity contribution in [1.29, 1.82) is 0 Å². The lowest BCUT2D eigenvalue weighted by atomic mass is 10.4. The summed E-state index contributed by atoms with van der Waals surface area (Å²) in [5, 5.41) is 11.3. The van der Waals surface area contributed by atoms with Gasteiger partial charge in [0.2, 0.25) is 0 Å². The lowest BCUT2D eigenvalue weighted by Gasteiger charge is -2.21. The number of nitrogens with zero attached hydrogens (tertiary/aromatic N) is 4. The molecule has 1 heterocycles. The summed E-state index contributed by atoms with van der Waals surface area (Å²) in [6.07, 6.45) is 2.04. The summed E-state index contributed by atoms with van der Waals surface area (Å²) in [6.45, 7) is 6.07. The molecule has 0 unspecified atom stereocenters. The van der Waals surface area contributed by atoms with Crippen molar-refractivity contribution in [2.24, 2.45) is 0 Å². The van der Waals surface area contributed by atoms with Crippen molar-refractivity contribution >= 4 is 11.8 Å². The average molecular weight is 172 g/mol. The van der Waals surface area contributed by atoms with Gasteiger partial charge in [-0.2, -0.15) is 0 Å². The number of rotatable bonds is 2. The third kappa shape index (κ3) is 1.53. The van der Waals surface area contributed by atoms with Crippen LogP contribution in [0.25, 0.3) is 0 Å². The zero-order chi connectivity index (χ0) is 8.48. The van der Waals surface area contributed by atoms with Crippen molar-refractivity contribution < 1.29 is 0 Å². The maximum atomic E-state index is 3.89. The van der Waals surface area contributed by atoms with Gasteiger partial charge in [0, 0.05) is 0 Å². The van der Waals surface area contributed by atoms with Crippen LogP contribution in [0.5, 0.6) is 0 Å². The van der Waals surface area contributed by atoms with Crippen LogP contribution >= 0.6 is 11.8 Å². The SMILES string of the molecule is CSC(C)(C)n1nnnc1C. The number of hydrogen-bond acceptors (Lipinski definition) is 4. The normalized spacial score (nSPS) is 12.0. The maximum absolute atomic E-state index is 3.89. The Labute approximate surface area is 70.4 Å². The van der Waals surface area contributed by atoms with Gasteiger partial charge in [-0.15, -0.1) is 16.9 Å². The van der Waals surface area contributed by atoms with Gasteiger partial charge in [-0.3, -0.25) is 0 Å². The van der Waals surface area contributed by atoms with Gasteiger partial charge in [0.05, 0.1) is 0 Å². The molecule has 11 heavy (non-hydrogen) atoms. The molecule has 62 valence electrons. The van der Waals surface area contributed by atoms with E-state index >= 15 is 0 Å². The van der Waals surface area contributed by atoms with Crippen LogP contribution in [0.4, 0.5) is 0 Å². The fourth-order valence-corrected chi connectivity index (χ4v) is 1.16. The standard InChI is InChI=1S/C6H12N4S/c1-5-7-8-9-10(5)6(2,3)11-4/h1-4H3. The molecule has 0 N–H and O–H groups in total. The van der Waals surface area contributed by atoms with Crippen LogP contribution in [0, 0.1) is 6.92 Å². The lowest BCUT2D eigenvalue weighted by Crippen LogP contribution is -2.24. The Morgan fingerprint density at radius 3 is 2.45 bits per heavy atom. The van der Waals surface area contributed by atoms with Gasteiger partial charge >= 0.3 is 0 Å². The first-order valence-corrected chi connectivity index (χ1v) is 4.61. The summed E-state index contributed by atoms with van der Waals surface area (Å²) in [6, 6.07) is 0. The summed E-state index contributed by atoms with van der Waals surface area (Å²) in [5.74, 6) is 0.851. The van der Waals surface area contributed by atoms with E-state index in [-0.39, 0.29) is 4.87 Å². The van der Waals surface area contributed by atoms with Crippen LogP contribution in [-0.4, -0.2) is 26.5 Å². The highest BCUT2D eigenvalue weighted by Gasteiger charge is 2.21. The minimum Gasteiger partial charge on any atom is -0.214 e. The molecule has 0 saturated carbocycles. The topological polar surface area (TPSA) is 43.6 Å². The van der Waals surface area contributed by atoms with Crippen molar-refractivity contribution in [3.63, 3.8) is 0 Å². The molecule has 0 aliphatic rings. The molecule has 0 aliphatic carbocycles. The number of aromatic nitrogens is 4. The van der Waals surface area contributed by atoms with Crippen molar-refractivity contribution in [3.8, 4) is 0 Å². The monoisotopic (exact) mass is 172 g/mol. The van der Waals surface area contributed by atoms with Gasteiger partial charge in [-0.1, -0.05) is 0 Å². The molecule has 0 spiro atoms. The summed E-state index contributed by atoms with van der Waals surface area (Å²) in [7, 11) is 0. The van der Waals surface area contributed by atoms with E-state index in [0.29, 0.717) is 0 Å². The molecule has 5 heteroatoms. The third-order valence-electron chi connectivity index (χ3n) is 1.64. The van der Waals surface area contributed by atoms with Gasteiger partial charge in [-0.05, 0) is 37.5 Å². The largest absolute Gasteiger partial charge is 0.214 e. The Morgan fingerprint density at radius 1 is 1.45 bits per heavy atom. The molecule has 0 bridgehead atoms. The van der Waals surface area contributed by atoms with E-state index in [1.165, 1.54) is 0 Å². The van der Waals surface area contributed by atoms with Gasteiger partial charge < -0.3 is 0 Å². The number of thioether (sulfide) groups is 1. The van der Waals surface area contributed by atoms with Crippen molar-refractivity contribution in [2.45, 2.75) is 25.6 Å². The zero-order valence-corrected chi connectivity index (χ0v) is 8.01. The van der Waals surface area contributed by atoms with Crippen LogP contribution < -0.4 is 0 Å². The van der Waals surface area contributed by atoms with E-state index < -0.39 is 0 Å². The molecular weight excluding hydrogens is 160 g/mol. The van der Waals surface area contributed by atoms with Crippen molar-refractivity contribution in [3.05, 3.63) is 5.82 Å². The highest BCUT2D eigenvalue weighted by Crippen LogP contribution is 2.26. The van der Waals surface area contributed by atoms with Gasteiger partial charge in [0.15, 0.2) is 0 Å². The van der Waals surface area contributed by atoms with Crippen LogP contribution in [0.1, 0.15) is 19.7 Å². The van der Waals surface area contributed by atoms with Crippen molar-refractivity contribution in [1.82, 2.24) is 20.2 Å². The second kappa shape index (κ2) is 2.81. The molecule has 4 nitrogen and oxygen atoms in total. The Hall–Kier alpha value is -0.580. The van der Waals surface area contributed by atoms with Crippen LogP contribution in [0.3, 0.4) is 0 Å². The van der Waals surface area contributed by atoms with Gasteiger partial charge in [0.1, 0.15) is 10.7 Å². The summed E-state index contributed by atoms with van der Waals surface area (Å²) < 4.78 is 1.82. The van der Waals surface area contributed by atoms with E-state index in [9.17, 15) is 0 Å². The summed E-state index contributed by atoms with van der Waals surface area (Å²) >= 11 is 1.72. The molecular formula is C6H12N4S. The van der Waals surface area contributed by atoms with Crippen molar-refractivity contribution in [2.75, 3.05) is 6.26 Å². The van der Waals surface area contributed by atoms with E-state index in [2.05, 4.69) is 29.4 Å². The van der Waals surface area contributed by atoms with Crippen LogP contribution in [0.15, 0.2) is 0 Å².